The predicted molar refractivity (Wildman–Crippen MR) is 104 cm³/mol. The van der Waals surface area contributed by atoms with Crippen molar-refractivity contribution in [1.82, 2.24) is 5.32 Å². The lowest BCUT2D eigenvalue weighted by atomic mass is 10.1. The van der Waals surface area contributed by atoms with Crippen molar-refractivity contribution in [2.45, 2.75) is 26.7 Å². The molecule has 27 heavy (non-hydrogen) atoms. The molecule has 6 nitrogen and oxygen atoms in total. The van der Waals surface area contributed by atoms with E-state index < -0.39 is 5.97 Å². The van der Waals surface area contributed by atoms with Crippen molar-refractivity contribution in [3.8, 4) is 0 Å². The van der Waals surface area contributed by atoms with Gasteiger partial charge in [-0.1, -0.05) is 43.2 Å². The number of anilines is 1. The summed E-state index contributed by atoms with van der Waals surface area (Å²) in [7, 11) is 0. The summed E-state index contributed by atoms with van der Waals surface area (Å²) in [5.74, 6) is -1.34. The molecule has 0 bridgehead atoms. The second-order valence-corrected chi connectivity index (χ2v) is 6.15. The van der Waals surface area contributed by atoms with Gasteiger partial charge in [0.2, 0.25) is 0 Å². The molecular weight excluding hydrogens is 344 g/mol. The quantitative estimate of drug-likeness (QED) is 0.553. The molecule has 0 saturated carbocycles. The smallest absolute Gasteiger partial charge is 0.340 e. The lowest BCUT2D eigenvalue weighted by Crippen LogP contribution is -2.29. The van der Waals surface area contributed by atoms with Crippen LogP contribution in [0, 0.1) is 6.92 Å². The van der Waals surface area contributed by atoms with Crippen LogP contribution in [-0.4, -0.2) is 30.9 Å². The van der Waals surface area contributed by atoms with Crippen LogP contribution in [0.3, 0.4) is 0 Å². The molecule has 2 N–H and O–H groups in total. The monoisotopic (exact) mass is 368 g/mol. The topological polar surface area (TPSA) is 84.5 Å². The summed E-state index contributed by atoms with van der Waals surface area (Å²) in [6, 6.07) is 13.7. The van der Waals surface area contributed by atoms with Gasteiger partial charge in [0.05, 0.1) is 11.3 Å². The van der Waals surface area contributed by atoms with Gasteiger partial charge >= 0.3 is 5.97 Å². The Morgan fingerprint density at radius 1 is 1.04 bits per heavy atom. The van der Waals surface area contributed by atoms with Crippen LogP contribution >= 0.6 is 0 Å². The molecule has 2 amide bonds. The average Bonchev–Trinajstić information content (AvgIpc) is 2.66. The van der Waals surface area contributed by atoms with Crippen molar-refractivity contribution in [2.75, 3.05) is 18.5 Å². The van der Waals surface area contributed by atoms with Crippen molar-refractivity contribution in [2.24, 2.45) is 0 Å². The van der Waals surface area contributed by atoms with Gasteiger partial charge in [0, 0.05) is 12.1 Å². The summed E-state index contributed by atoms with van der Waals surface area (Å²) >= 11 is 0. The summed E-state index contributed by atoms with van der Waals surface area (Å²) in [6.45, 7) is 4.11. The first-order valence-electron chi connectivity index (χ1n) is 8.92. The van der Waals surface area contributed by atoms with E-state index in [1.54, 1.807) is 42.5 Å². The van der Waals surface area contributed by atoms with Crippen LogP contribution in [0.15, 0.2) is 48.5 Å². The Bertz CT molecular complexity index is 817. The Kier molecular flexibility index (Phi) is 7.55. The number of nitrogens with one attached hydrogen (secondary N) is 2. The van der Waals surface area contributed by atoms with E-state index in [2.05, 4.69) is 10.6 Å². The highest BCUT2D eigenvalue weighted by Gasteiger charge is 2.16. The first kappa shape index (κ1) is 20.2. The van der Waals surface area contributed by atoms with Crippen molar-refractivity contribution < 1.29 is 19.1 Å². The van der Waals surface area contributed by atoms with E-state index in [1.165, 1.54) is 0 Å². The van der Waals surface area contributed by atoms with Gasteiger partial charge in [-0.2, -0.15) is 0 Å². The standard InChI is InChI=1S/C21H24N2O4/c1-3-4-12-22-19(24)14-27-21(26)17-10-5-6-11-18(17)23-20(25)16-9-7-8-15(2)13-16/h5-11,13H,3-4,12,14H2,1-2H3,(H,22,24)(H,23,25). The summed E-state index contributed by atoms with van der Waals surface area (Å²) in [6.07, 6.45) is 1.83. The molecule has 142 valence electrons. The number of carbonyl (C=O) groups excluding carboxylic acids is 3. The molecule has 0 atom stereocenters. The lowest BCUT2D eigenvalue weighted by Gasteiger charge is -2.11. The normalized spacial score (nSPS) is 10.1. The van der Waals surface area contributed by atoms with Crippen LogP contribution < -0.4 is 10.6 Å². The summed E-state index contributed by atoms with van der Waals surface area (Å²) in [5, 5.41) is 5.40. The molecule has 0 radical (unpaired) electrons. The summed E-state index contributed by atoms with van der Waals surface area (Å²) in [4.78, 5) is 36.4. The molecule has 0 heterocycles. The maximum Gasteiger partial charge on any atom is 0.340 e. The highest BCUT2D eigenvalue weighted by molar-refractivity contribution is 6.08. The van der Waals surface area contributed by atoms with E-state index in [0.717, 1.165) is 18.4 Å². The van der Waals surface area contributed by atoms with E-state index >= 15 is 0 Å². The lowest BCUT2D eigenvalue weighted by molar-refractivity contribution is -0.124. The molecule has 2 rings (SSSR count). The fourth-order valence-electron chi connectivity index (χ4n) is 2.42. The Balaban J connectivity index is 2.01. The number of benzene rings is 2. The van der Waals surface area contributed by atoms with Gasteiger partial charge in [0.15, 0.2) is 6.61 Å². The highest BCUT2D eigenvalue weighted by atomic mass is 16.5. The molecule has 2 aromatic rings. The largest absolute Gasteiger partial charge is 0.452 e. The van der Waals surface area contributed by atoms with Crippen molar-refractivity contribution in [1.29, 1.82) is 0 Å². The number of ether oxygens (including phenoxy) is 1. The molecule has 0 aromatic heterocycles. The number of esters is 1. The van der Waals surface area contributed by atoms with Crippen molar-refractivity contribution >= 4 is 23.5 Å². The van der Waals surface area contributed by atoms with Crippen molar-refractivity contribution in [3.05, 3.63) is 65.2 Å². The van der Waals surface area contributed by atoms with Crippen LogP contribution in [0.25, 0.3) is 0 Å². The first-order valence-corrected chi connectivity index (χ1v) is 8.92. The number of unbranched alkanes of at least 4 members (excludes halogenated alkanes) is 1. The van der Waals surface area contributed by atoms with Crippen LogP contribution in [-0.2, 0) is 9.53 Å². The second-order valence-electron chi connectivity index (χ2n) is 6.15. The number of para-hydroxylation sites is 1. The first-order chi connectivity index (χ1) is 13.0. The molecule has 0 spiro atoms. The van der Waals surface area contributed by atoms with Gasteiger partial charge < -0.3 is 15.4 Å². The number of hydrogen-bond donors (Lipinski definition) is 2. The second kappa shape index (κ2) is 10.1. The molecule has 6 heteroatoms. The Labute approximate surface area is 158 Å². The fourth-order valence-corrected chi connectivity index (χ4v) is 2.42. The van der Waals surface area contributed by atoms with Crippen molar-refractivity contribution in [3.63, 3.8) is 0 Å². The number of amides is 2. The van der Waals surface area contributed by atoms with Crippen LogP contribution in [0.4, 0.5) is 5.69 Å². The van der Waals surface area contributed by atoms with Crippen LogP contribution in [0.1, 0.15) is 46.0 Å². The van der Waals surface area contributed by atoms with Gasteiger partial charge in [-0.05, 0) is 37.6 Å². The van der Waals surface area contributed by atoms with E-state index in [4.69, 9.17) is 4.74 Å². The van der Waals surface area contributed by atoms with Crippen LogP contribution in [0.2, 0.25) is 0 Å². The van der Waals surface area contributed by atoms with Gasteiger partial charge in [-0.15, -0.1) is 0 Å². The van der Waals surface area contributed by atoms with Gasteiger partial charge in [-0.25, -0.2) is 4.79 Å². The highest BCUT2D eigenvalue weighted by Crippen LogP contribution is 2.17. The fraction of sp³-hybridized carbons (Fsp3) is 0.286. The molecule has 0 aliphatic heterocycles. The zero-order valence-electron chi connectivity index (χ0n) is 15.6. The van der Waals surface area contributed by atoms with Gasteiger partial charge in [0.1, 0.15) is 0 Å². The molecule has 0 fully saturated rings. The third-order valence-corrected chi connectivity index (χ3v) is 3.86. The van der Waals surface area contributed by atoms with E-state index in [9.17, 15) is 14.4 Å². The van der Waals surface area contributed by atoms with E-state index in [1.807, 2.05) is 19.9 Å². The predicted octanol–water partition coefficient (Wildman–Crippen LogP) is 3.32. The molecule has 0 aliphatic rings. The zero-order valence-corrected chi connectivity index (χ0v) is 15.6. The van der Waals surface area contributed by atoms with E-state index in [-0.39, 0.29) is 24.0 Å². The molecule has 0 aliphatic carbocycles. The molecular formula is C21H24N2O4. The number of aryl methyl sites for hydroxylation is 1. The summed E-state index contributed by atoms with van der Waals surface area (Å²) < 4.78 is 5.07. The minimum atomic E-state index is -0.666. The zero-order chi connectivity index (χ0) is 19.6. The minimum absolute atomic E-state index is 0.194. The number of hydrogen-bond acceptors (Lipinski definition) is 4. The van der Waals surface area contributed by atoms with Crippen LogP contribution in [0.5, 0.6) is 0 Å². The van der Waals surface area contributed by atoms with Gasteiger partial charge in [-0.3, -0.25) is 9.59 Å². The minimum Gasteiger partial charge on any atom is -0.452 e. The number of rotatable bonds is 8. The maximum atomic E-state index is 12.4. The Morgan fingerprint density at radius 3 is 2.56 bits per heavy atom. The van der Waals surface area contributed by atoms with E-state index in [0.29, 0.717) is 17.8 Å². The maximum absolute atomic E-state index is 12.4. The molecule has 2 aromatic carbocycles. The average molecular weight is 368 g/mol. The Hall–Kier alpha value is -3.15. The third-order valence-electron chi connectivity index (χ3n) is 3.86. The van der Waals surface area contributed by atoms with Gasteiger partial charge in [0.25, 0.3) is 11.8 Å². The Morgan fingerprint density at radius 2 is 1.81 bits per heavy atom. The SMILES string of the molecule is CCCCNC(=O)COC(=O)c1ccccc1NC(=O)c1cccc(C)c1. The third kappa shape index (κ3) is 6.26. The summed E-state index contributed by atoms with van der Waals surface area (Å²) in [5.41, 5.74) is 1.98. The number of carbonyl (C=O) groups is 3. The molecule has 0 unspecified atom stereocenters. The molecule has 0 saturated heterocycles.